The van der Waals surface area contributed by atoms with E-state index < -0.39 is 0 Å². The topological polar surface area (TPSA) is 51.2 Å². The molecule has 1 N–H and O–H groups in total. The molecule has 0 aliphatic rings. The molecule has 0 atom stereocenters. The summed E-state index contributed by atoms with van der Waals surface area (Å²) >= 11 is 3.22. The number of carbonyl (C=O) groups excluding carboxylic acids is 1. The number of rotatable bonds is 6. The first-order chi connectivity index (χ1) is 7.74. The second kappa shape index (κ2) is 7.35. The first-order valence-electron chi connectivity index (χ1n) is 5.12. The van der Waals surface area contributed by atoms with E-state index in [1.54, 1.807) is 25.4 Å². The normalized spacial score (nSPS) is 10.1. The van der Waals surface area contributed by atoms with Gasteiger partial charge in [-0.3, -0.25) is 4.79 Å². The fourth-order valence-electron chi connectivity index (χ4n) is 1.19. The molecule has 1 aromatic rings. The van der Waals surface area contributed by atoms with Gasteiger partial charge in [-0.15, -0.1) is 0 Å². The van der Waals surface area contributed by atoms with E-state index in [0.29, 0.717) is 12.1 Å². The molecule has 5 heteroatoms. The second-order valence-corrected chi connectivity index (χ2v) is 4.14. The van der Waals surface area contributed by atoms with Gasteiger partial charge in [0.25, 0.3) is 5.91 Å². The number of amides is 1. The zero-order valence-electron chi connectivity index (χ0n) is 9.20. The fraction of sp³-hybridized carbons (Fsp3) is 0.455. The number of aromatic nitrogens is 1. The average molecular weight is 287 g/mol. The molecule has 0 aliphatic heterocycles. The number of unbranched alkanes of at least 4 members (excludes halogenated alkanes) is 1. The number of pyridine rings is 1. The van der Waals surface area contributed by atoms with Crippen LogP contribution in [0.2, 0.25) is 0 Å². The lowest BCUT2D eigenvalue weighted by molar-refractivity contribution is 0.0951. The summed E-state index contributed by atoms with van der Waals surface area (Å²) in [5.74, 6) is -0.0857. The van der Waals surface area contributed by atoms with Crippen LogP contribution >= 0.6 is 15.9 Å². The molecule has 0 saturated carbocycles. The highest BCUT2D eigenvalue weighted by Crippen LogP contribution is 2.06. The Morgan fingerprint density at radius 2 is 2.31 bits per heavy atom. The molecule has 0 bridgehead atoms. The van der Waals surface area contributed by atoms with Gasteiger partial charge in [0.1, 0.15) is 4.60 Å². The molecule has 0 unspecified atom stereocenters. The van der Waals surface area contributed by atoms with E-state index in [1.807, 2.05) is 0 Å². The number of hydrogen-bond acceptors (Lipinski definition) is 3. The van der Waals surface area contributed by atoms with Crippen molar-refractivity contribution in [2.75, 3.05) is 20.3 Å². The summed E-state index contributed by atoms with van der Waals surface area (Å²) in [7, 11) is 1.67. The molecule has 0 fully saturated rings. The van der Waals surface area contributed by atoms with Crippen LogP contribution in [-0.2, 0) is 4.74 Å². The van der Waals surface area contributed by atoms with Gasteiger partial charge in [-0.05, 0) is 40.9 Å². The van der Waals surface area contributed by atoms with E-state index in [2.05, 4.69) is 26.2 Å². The van der Waals surface area contributed by atoms with E-state index in [0.717, 1.165) is 24.1 Å². The third-order valence-electron chi connectivity index (χ3n) is 2.05. The summed E-state index contributed by atoms with van der Waals surface area (Å²) in [5, 5.41) is 2.83. The number of methoxy groups -OCH3 is 1. The minimum atomic E-state index is -0.0857. The lowest BCUT2D eigenvalue weighted by atomic mass is 10.2. The number of nitrogens with one attached hydrogen (secondary N) is 1. The SMILES string of the molecule is COCCCCNC(=O)c1ccc(Br)nc1. The summed E-state index contributed by atoms with van der Waals surface area (Å²) in [5.41, 5.74) is 0.579. The predicted octanol–water partition coefficient (Wildman–Crippen LogP) is 2.00. The van der Waals surface area contributed by atoms with Crippen LogP contribution in [0.25, 0.3) is 0 Å². The van der Waals surface area contributed by atoms with Gasteiger partial charge in [0.15, 0.2) is 0 Å². The minimum Gasteiger partial charge on any atom is -0.385 e. The Bertz CT molecular complexity index is 327. The largest absolute Gasteiger partial charge is 0.385 e. The summed E-state index contributed by atoms with van der Waals surface area (Å²) in [6, 6.07) is 3.49. The fourth-order valence-corrected chi connectivity index (χ4v) is 1.42. The number of halogens is 1. The van der Waals surface area contributed by atoms with Crippen molar-refractivity contribution in [1.29, 1.82) is 0 Å². The highest BCUT2D eigenvalue weighted by Gasteiger charge is 2.04. The molecule has 0 aliphatic carbocycles. The van der Waals surface area contributed by atoms with E-state index in [9.17, 15) is 4.79 Å². The Kier molecular flexibility index (Phi) is 6.03. The first kappa shape index (κ1) is 13.1. The van der Waals surface area contributed by atoms with Crippen LogP contribution in [0.4, 0.5) is 0 Å². The van der Waals surface area contributed by atoms with Crippen LogP contribution in [0, 0.1) is 0 Å². The zero-order chi connectivity index (χ0) is 11.8. The van der Waals surface area contributed by atoms with Crippen molar-refractivity contribution < 1.29 is 9.53 Å². The maximum absolute atomic E-state index is 11.6. The third kappa shape index (κ3) is 4.72. The molecular weight excluding hydrogens is 272 g/mol. The monoisotopic (exact) mass is 286 g/mol. The van der Waals surface area contributed by atoms with Crippen molar-refractivity contribution in [3.8, 4) is 0 Å². The van der Waals surface area contributed by atoms with Crippen LogP contribution < -0.4 is 5.32 Å². The van der Waals surface area contributed by atoms with Crippen LogP contribution in [0.1, 0.15) is 23.2 Å². The predicted molar refractivity (Wildman–Crippen MR) is 65.4 cm³/mol. The molecule has 1 heterocycles. The Morgan fingerprint density at radius 3 is 2.94 bits per heavy atom. The molecule has 1 rings (SSSR count). The maximum Gasteiger partial charge on any atom is 0.252 e. The van der Waals surface area contributed by atoms with Gasteiger partial charge in [0.2, 0.25) is 0 Å². The van der Waals surface area contributed by atoms with Crippen LogP contribution in [0.15, 0.2) is 22.9 Å². The van der Waals surface area contributed by atoms with Crippen LogP contribution in [0.5, 0.6) is 0 Å². The van der Waals surface area contributed by atoms with Crippen molar-refractivity contribution in [3.63, 3.8) is 0 Å². The number of ether oxygens (including phenoxy) is 1. The summed E-state index contributed by atoms with van der Waals surface area (Å²) in [6.07, 6.45) is 3.42. The quantitative estimate of drug-likeness (QED) is 0.643. The van der Waals surface area contributed by atoms with Crippen molar-refractivity contribution in [2.45, 2.75) is 12.8 Å². The number of hydrogen-bond donors (Lipinski definition) is 1. The van der Waals surface area contributed by atoms with Crippen molar-refractivity contribution in [3.05, 3.63) is 28.5 Å². The number of nitrogens with zero attached hydrogens (tertiary/aromatic N) is 1. The molecule has 1 amide bonds. The molecule has 0 saturated heterocycles. The van der Waals surface area contributed by atoms with Gasteiger partial charge in [0.05, 0.1) is 5.56 Å². The Hall–Kier alpha value is -0.940. The third-order valence-corrected chi connectivity index (χ3v) is 2.52. The molecular formula is C11H15BrN2O2. The second-order valence-electron chi connectivity index (χ2n) is 3.33. The van der Waals surface area contributed by atoms with Crippen molar-refractivity contribution in [1.82, 2.24) is 10.3 Å². The molecule has 1 aromatic heterocycles. The van der Waals surface area contributed by atoms with Crippen molar-refractivity contribution in [2.24, 2.45) is 0 Å². The van der Waals surface area contributed by atoms with Crippen molar-refractivity contribution >= 4 is 21.8 Å². The zero-order valence-corrected chi connectivity index (χ0v) is 10.8. The summed E-state index contributed by atoms with van der Waals surface area (Å²) < 4.78 is 5.64. The molecule has 0 spiro atoms. The smallest absolute Gasteiger partial charge is 0.252 e. The van der Waals surface area contributed by atoms with Gasteiger partial charge in [-0.25, -0.2) is 4.98 Å². The highest BCUT2D eigenvalue weighted by atomic mass is 79.9. The Morgan fingerprint density at radius 1 is 1.50 bits per heavy atom. The minimum absolute atomic E-state index is 0.0857. The van der Waals surface area contributed by atoms with Crippen LogP contribution in [0.3, 0.4) is 0 Å². The molecule has 16 heavy (non-hydrogen) atoms. The van der Waals surface area contributed by atoms with E-state index >= 15 is 0 Å². The van der Waals surface area contributed by atoms with Gasteiger partial charge >= 0.3 is 0 Å². The summed E-state index contributed by atoms with van der Waals surface area (Å²) in [4.78, 5) is 15.6. The van der Waals surface area contributed by atoms with Gasteiger partial charge in [-0.2, -0.15) is 0 Å². The molecule has 0 aromatic carbocycles. The molecule has 0 radical (unpaired) electrons. The number of carbonyl (C=O) groups is 1. The molecule has 88 valence electrons. The summed E-state index contributed by atoms with van der Waals surface area (Å²) in [6.45, 7) is 1.40. The van der Waals surface area contributed by atoms with Gasteiger partial charge in [-0.1, -0.05) is 0 Å². The Labute approximate surface area is 104 Å². The van der Waals surface area contributed by atoms with Crippen LogP contribution in [-0.4, -0.2) is 31.2 Å². The molecule has 4 nitrogen and oxygen atoms in total. The Balaban J connectivity index is 2.27. The van der Waals surface area contributed by atoms with Gasteiger partial charge in [0, 0.05) is 26.5 Å². The average Bonchev–Trinajstić information content (AvgIpc) is 2.29. The van der Waals surface area contributed by atoms with E-state index in [4.69, 9.17) is 4.74 Å². The maximum atomic E-state index is 11.6. The highest BCUT2D eigenvalue weighted by molar-refractivity contribution is 9.10. The van der Waals surface area contributed by atoms with E-state index in [1.165, 1.54) is 0 Å². The van der Waals surface area contributed by atoms with E-state index in [-0.39, 0.29) is 5.91 Å². The standard InChI is InChI=1S/C11H15BrN2O2/c1-16-7-3-2-6-13-11(15)9-4-5-10(12)14-8-9/h4-5,8H,2-3,6-7H2,1H3,(H,13,15). The van der Waals surface area contributed by atoms with Gasteiger partial charge < -0.3 is 10.1 Å². The lowest BCUT2D eigenvalue weighted by Crippen LogP contribution is -2.24. The lowest BCUT2D eigenvalue weighted by Gasteiger charge is -2.04. The first-order valence-corrected chi connectivity index (χ1v) is 5.92.